The maximum atomic E-state index is 5.99. The highest BCUT2D eigenvalue weighted by atomic mass is 15.1. The smallest absolute Gasteiger partial charge is 0.0169 e. The van der Waals surface area contributed by atoms with E-state index in [1.165, 1.54) is 62.8 Å². The summed E-state index contributed by atoms with van der Waals surface area (Å²) in [5, 5.41) is 0. The summed E-state index contributed by atoms with van der Waals surface area (Å²) >= 11 is 0. The molecule has 21 heavy (non-hydrogen) atoms. The van der Waals surface area contributed by atoms with Crippen LogP contribution in [0.15, 0.2) is 36.4 Å². The van der Waals surface area contributed by atoms with Crippen LogP contribution in [0.3, 0.4) is 0 Å². The van der Waals surface area contributed by atoms with Gasteiger partial charge in [-0.25, -0.2) is 0 Å². The second kappa shape index (κ2) is 7.24. The Morgan fingerprint density at radius 2 is 1.81 bits per heavy atom. The molecule has 0 unspecified atom stereocenters. The first-order valence-corrected chi connectivity index (χ1v) is 8.53. The molecule has 0 saturated heterocycles. The molecule has 2 aliphatic rings. The highest BCUT2D eigenvalue weighted by molar-refractivity contribution is 5.66. The number of hydrogen-bond donors (Lipinski definition) is 1. The maximum Gasteiger partial charge on any atom is 0.0169 e. The average Bonchev–Trinajstić information content (AvgIpc) is 2.56. The predicted octanol–water partition coefficient (Wildman–Crippen LogP) is 3.68. The van der Waals surface area contributed by atoms with Crippen LogP contribution in [-0.4, -0.2) is 30.6 Å². The molecule has 2 N–H and O–H groups in total. The lowest BCUT2D eigenvalue weighted by Crippen LogP contribution is -2.32. The minimum Gasteiger partial charge on any atom is -0.328 e. The minimum absolute atomic E-state index is 0.479. The first kappa shape index (κ1) is 14.8. The third-order valence-electron chi connectivity index (χ3n) is 5.18. The van der Waals surface area contributed by atoms with Gasteiger partial charge in [0.25, 0.3) is 0 Å². The van der Waals surface area contributed by atoms with Gasteiger partial charge in [0.1, 0.15) is 0 Å². The van der Waals surface area contributed by atoms with Crippen LogP contribution in [0.4, 0.5) is 0 Å². The van der Waals surface area contributed by atoms with Crippen molar-refractivity contribution in [2.75, 3.05) is 19.6 Å². The van der Waals surface area contributed by atoms with Gasteiger partial charge in [0.05, 0.1) is 0 Å². The highest BCUT2D eigenvalue weighted by Crippen LogP contribution is 2.27. The zero-order valence-corrected chi connectivity index (χ0v) is 13.0. The number of hydrogen-bond acceptors (Lipinski definition) is 2. The predicted molar refractivity (Wildman–Crippen MR) is 90.0 cm³/mol. The third kappa shape index (κ3) is 4.18. The Hall–Kier alpha value is -1.12. The van der Waals surface area contributed by atoms with Crippen LogP contribution in [0.1, 0.15) is 44.1 Å². The van der Waals surface area contributed by atoms with Crippen LogP contribution in [0.2, 0.25) is 0 Å². The van der Waals surface area contributed by atoms with Gasteiger partial charge in [0.15, 0.2) is 0 Å². The Morgan fingerprint density at radius 1 is 1.05 bits per heavy atom. The van der Waals surface area contributed by atoms with Gasteiger partial charge < -0.3 is 5.73 Å². The van der Waals surface area contributed by atoms with E-state index in [9.17, 15) is 0 Å². The van der Waals surface area contributed by atoms with E-state index in [2.05, 4.69) is 41.3 Å². The first-order valence-electron chi connectivity index (χ1n) is 8.53. The topological polar surface area (TPSA) is 29.3 Å². The van der Waals surface area contributed by atoms with Crippen LogP contribution < -0.4 is 5.73 Å². The Kier molecular flexibility index (Phi) is 5.10. The fraction of sp³-hybridized carbons (Fsp3) is 0.579. The average molecular weight is 284 g/mol. The Bertz CT molecular complexity index is 458. The van der Waals surface area contributed by atoms with E-state index < -0.39 is 0 Å². The molecule has 1 fully saturated rings. The largest absolute Gasteiger partial charge is 0.328 e. The number of nitrogens with zero attached hydrogens (tertiary/aromatic N) is 1. The lowest BCUT2D eigenvalue weighted by Gasteiger charge is -2.30. The molecule has 1 aromatic rings. The standard InChI is InChI=1S/C19H28N2/c20-19-8-6-16(7-9-19)10-13-21-14-11-18(12-15-21)17-4-2-1-3-5-17/h1-5,11,16,19H,6-10,12-15,20H2/t16-,19-. The number of benzene rings is 1. The fourth-order valence-electron chi connectivity index (χ4n) is 3.67. The van der Waals surface area contributed by atoms with Gasteiger partial charge in [-0.05, 0) is 62.1 Å². The molecule has 1 aliphatic heterocycles. The van der Waals surface area contributed by atoms with Crippen LogP contribution in [-0.2, 0) is 0 Å². The molecule has 1 saturated carbocycles. The van der Waals surface area contributed by atoms with Crippen LogP contribution >= 0.6 is 0 Å². The molecular formula is C19H28N2. The van der Waals surface area contributed by atoms with Gasteiger partial charge in [0.2, 0.25) is 0 Å². The van der Waals surface area contributed by atoms with E-state index in [1.807, 2.05) is 0 Å². The lowest BCUT2D eigenvalue weighted by molar-refractivity contribution is 0.240. The third-order valence-corrected chi connectivity index (χ3v) is 5.18. The van der Waals surface area contributed by atoms with Gasteiger partial charge in [-0.15, -0.1) is 0 Å². The molecule has 114 valence electrons. The van der Waals surface area contributed by atoms with Crippen molar-refractivity contribution >= 4 is 5.57 Å². The molecule has 2 heteroatoms. The van der Waals surface area contributed by atoms with Crippen molar-refractivity contribution in [2.24, 2.45) is 11.7 Å². The summed E-state index contributed by atoms with van der Waals surface area (Å²) in [6, 6.07) is 11.3. The normalized spacial score (nSPS) is 27.4. The lowest BCUT2D eigenvalue weighted by atomic mass is 9.84. The molecule has 3 rings (SSSR count). The van der Waals surface area contributed by atoms with Crippen LogP contribution in [0, 0.1) is 5.92 Å². The summed E-state index contributed by atoms with van der Waals surface area (Å²) in [6.45, 7) is 3.60. The molecule has 1 heterocycles. The summed E-state index contributed by atoms with van der Waals surface area (Å²) in [5.74, 6) is 0.921. The van der Waals surface area contributed by atoms with E-state index in [0.29, 0.717) is 6.04 Å². The molecule has 2 nitrogen and oxygen atoms in total. The van der Waals surface area contributed by atoms with E-state index >= 15 is 0 Å². The van der Waals surface area contributed by atoms with Crippen molar-refractivity contribution in [2.45, 2.75) is 44.6 Å². The van der Waals surface area contributed by atoms with E-state index in [1.54, 1.807) is 0 Å². The van der Waals surface area contributed by atoms with Crippen molar-refractivity contribution in [3.63, 3.8) is 0 Å². The van der Waals surface area contributed by atoms with Crippen molar-refractivity contribution in [1.82, 2.24) is 4.90 Å². The summed E-state index contributed by atoms with van der Waals surface area (Å²) in [4.78, 5) is 2.61. The van der Waals surface area contributed by atoms with Crippen LogP contribution in [0.5, 0.6) is 0 Å². The second-order valence-electron chi connectivity index (χ2n) is 6.72. The Morgan fingerprint density at radius 3 is 2.48 bits per heavy atom. The van der Waals surface area contributed by atoms with Gasteiger partial charge in [-0.1, -0.05) is 36.4 Å². The quantitative estimate of drug-likeness (QED) is 0.914. The Labute approximate surface area is 129 Å². The summed E-state index contributed by atoms with van der Waals surface area (Å²) in [6.07, 6.45) is 10.2. The molecule has 0 bridgehead atoms. The summed E-state index contributed by atoms with van der Waals surface area (Å²) in [7, 11) is 0. The highest BCUT2D eigenvalue weighted by Gasteiger charge is 2.20. The van der Waals surface area contributed by atoms with E-state index in [0.717, 1.165) is 12.5 Å². The maximum absolute atomic E-state index is 5.99. The molecule has 0 atom stereocenters. The van der Waals surface area contributed by atoms with E-state index in [-0.39, 0.29) is 0 Å². The first-order chi connectivity index (χ1) is 10.3. The van der Waals surface area contributed by atoms with Crippen LogP contribution in [0.25, 0.3) is 5.57 Å². The molecular weight excluding hydrogens is 256 g/mol. The Balaban J connectivity index is 1.44. The van der Waals surface area contributed by atoms with Gasteiger partial charge >= 0.3 is 0 Å². The van der Waals surface area contributed by atoms with Gasteiger partial charge in [-0.2, -0.15) is 0 Å². The van der Waals surface area contributed by atoms with Crippen molar-refractivity contribution in [1.29, 1.82) is 0 Å². The number of nitrogens with two attached hydrogens (primary N) is 1. The number of rotatable bonds is 4. The molecule has 0 aromatic heterocycles. The molecule has 1 aliphatic carbocycles. The molecule has 0 radical (unpaired) electrons. The summed E-state index contributed by atoms with van der Waals surface area (Å²) < 4.78 is 0. The molecule has 1 aromatic carbocycles. The van der Waals surface area contributed by atoms with E-state index in [4.69, 9.17) is 5.73 Å². The zero-order chi connectivity index (χ0) is 14.5. The second-order valence-corrected chi connectivity index (χ2v) is 6.72. The van der Waals surface area contributed by atoms with Gasteiger partial charge in [0, 0.05) is 19.1 Å². The van der Waals surface area contributed by atoms with Crippen molar-refractivity contribution in [3.8, 4) is 0 Å². The fourth-order valence-corrected chi connectivity index (χ4v) is 3.67. The minimum atomic E-state index is 0.479. The monoisotopic (exact) mass is 284 g/mol. The SMILES string of the molecule is N[C@H]1CC[C@H](CCN2CC=C(c3ccccc3)CC2)CC1. The molecule has 0 spiro atoms. The van der Waals surface area contributed by atoms with Gasteiger partial charge in [-0.3, -0.25) is 4.90 Å². The summed E-state index contributed by atoms with van der Waals surface area (Å²) in [5.41, 5.74) is 8.91. The van der Waals surface area contributed by atoms with Crippen molar-refractivity contribution in [3.05, 3.63) is 42.0 Å². The molecule has 0 amide bonds. The zero-order valence-electron chi connectivity index (χ0n) is 13.0. The van der Waals surface area contributed by atoms with Crippen molar-refractivity contribution < 1.29 is 0 Å².